The first-order valence-corrected chi connectivity index (χ1v) is 12.4. The van der Waals surface area contributed by atoms with Crippen LogP contribution in [0, 0.1) is 0 Å². The Morgan fingerprint density at radius 1 is 1.03 bits per heavy atom. The van der Waals surface area contributed by atoms with Crippen molar-refractivity contribution in [3.63, 3.8) is 0 Å². The van der Waals surface area contributed by atoms with Gasteiger partial charge in [0.05, 0.1) is 12.0 Å². The molecule has 2 aromatic rings. The second-order valence-electron chi connectivity index (χ2n) is 9.56. The zero-order valence-corrected chi connectivity index (χ0v) is 22.9. The molecule has 2 aliphatic heterocycles. The molecule has 4 nitrogen and oxygen atoms in total. The summed E-state index contributed by atoms with van der Waals surface area (Å²) in [4.78, 5) is 14.2. The number of hydrogen-bond donors (Lipinski definition) is 0. The molecule has 0 amide bonds. The standard InChI is InChI=1S/C29H37N2O2.HI/c1-4-33-28(32)13-7-8-22-31-26-12-6-5-11-25(26)29(2,3)27(31)19-16-23-14-17-24(18-15-23)30-20-9-10-21-30;/h5-6,11-12,14-19H,4,7-10,13,20-22H2,1-3H3;1H/q+1;/p-1. The largest absolute Gasteiger partial charge is 1.00 e. The molecule has 1 saturated heterocycles. The number of carbonyl (C=O) groups excluding carboxylic acids is 1. The van der Waals surface area contributed by atoms with Gasteiger partial charge in [0.2, 0.25) is 5.69 Å². The lowest BCUT2D eigenvalue weighted by Crippen LogP contribution is -3.00. The molecule has 5 heteroatoms. The second-order valence-corrected chi connectivity index (χ2v) is 9.56. The van der Waals surface area contributed by atoms with Gasteiger partial charge >= 0.3 is 5.97 Å². The Labute approximate surface area is 221 Å². The van der Waals surface area contributed by atoms with Crippen LogP contribution < -0.4 is 28.9 Å². The zero-order chi connectivity index (χ0) is 23.3. The smallest absolute Gasteiger partial charge is 0.305 e. The van der Waals surface area contributed by atoms with Gasteiger partial charge in [-0.05, 0) is 63.8 Å². The number of allylic oxidation sites excluding steroid dienone is 1. The molecule has 2 aromatic carbocycles. The summed E-state index contributed by atoms with van der Waals surface area (Å²) < 4.78 is 7.52. The molecule has 0 spiro atoms. The van der Waals surface area contributed by atoms with Crippen LogP contribution >= 0.6 is 0 Å². The molecular formula is C29H37IN2O2. The van der Waals surface area contributed by atoms with Crippen LogP contribution in [0.3, 0.4) is 0 Å². The minimum atomic E-state index is -0.0962. The molecule has 0 radical (unpaired) electrons. The monoisotopic (exact) mass is 572 g/mol. The summed E-state index contributed by atoms with van der Waals surface area (Å²) in [7, 11) is 0. The number of nitrogens with zero attached hydrogens (tertiary/aromatic N) is 2. The Balaban J connectivity index is 0.00000324. The first kappa shape index (κ1) is 26.5. The van der Waals surface area contributed by atoms with Crippen molar-refractivity contribution in [1.29, 1.82) is 0 Å². The molecule has 2 heterocycles. The average Bonchev–Trinajstić information content (AvgIpc) is 3.42. The zero-order valence-electron chi connectivity index (χ0n) is 20.7. The number of fused-ring (bicyclic) bond motifs is 1. The van der Waals surface area contributed by atoms with Crippen LogP contribution in [-0.4, -0.2) is 42.5 Å². The first-order valence-electron chi connectivity index (χ1n) is 12.4. The predicted molar refractivity (Wildman–Crippen MR) is 137 cm³/mol. The molecule has 4 rings (SSSR count). The van der Waals surface area contributed by atoms with Crippen LogP contribution in [0.5, 0.6) is 0 Å². The van der Waals surface area contributed by atoms with Crippen molar-refractivity contribution in [2.45, 2.75) is 58.3 Å². The maximum atomic E-state index is 11.7. The minimum absolute atomic E-state index is 0. The summed E-state index contributed by atoms with van der Waals surface area (Å²) >= 11 is 0. The molecule has 0 aromatic heterocycles. The molecule has 0 bridgehead atoms. The fourth-order valence-corrected chi connectivity index (χ4v) is 5.10. The van der Waals surface area contributed by atoms with E-state index in [-0.39, 0.29) is 35.4 Å². The molecule has 34 heavy (non-hydrogen) atoms. The molecule has 0 atom stereocenters. The summed E-state index contributed by atoms with van der Waals surface area (Å²) in [5, 5.41) is 0. The first-order chi connectivity index (χ1) is 16.0. The highest BCUT2D eigenvalue weighted by Gasteiger charge is 2.43. The highest BCUT2D eigenvalue weighted by atomic mass is 127. The highest BCUT2D eigenvalue weighted by molar-refractivity contribution is 6.05. The number of unbranched alkanes of at least 4 members (excludes halogenated alkanes) is 1. The Hall–Kier alpha value is -2.15. The average molecular weight is 573 g/mol. The van der Waals surface area contributed by atoms with E-state index in [0.717, 1.165) is 19.4 Å². The Morgan fingerprint density at radius 2 is 1.74 bits per heavy atom. The van der Waals surface area contributed by atoms with Crippen molar-refractivity contribution in [3.05, 3.63) is 65.7 Å². The van der Waals surface area contributed by atoms with Crippen LogP contribution in [-0.2, 0) is 14.9 Å². The van der Waals surface area contributed by atoms with Crippen molar-refractivity contribution < 1.29 is 38.1 Å². The van der Waals surface area contributed by atoms with Gasteiger partial charge in [-0.3, -0.25) is 4.79 Å². The van der Waals surface area contributed by atoms with Gasteiger partial charge in [0.1, 0.15) is 6.54 Å². The summed E-state index contributed by atoms with van der Waals surface area (Å²) in [6.07, 6.45) is 9.40. The van der Waals surface area contributed by atoms with Gasteiger partial charge in [0.25, 0.3) is 0 Å². The number of benzene rings is 2. The van der Waals surface area contributed by atoms with E-state index in [9.17, 15) is 4.79 Å². The van der Waals surface area contributed by atoms with E-state index < -0.39 is 0 Å². The van der Waals surface area contributed by atoms with Crippen molar-refractivity contribution in [1.82, 2.24) is 0 Å². The normalized spacial score (nSPS) is 16.6. The second kappa shape index (κ2) is 12.0. The van der Waals surface area contributed by atoms with E-state index in [4.69, 9.17) is 4.74 Å². The van der Waals surface area contributed by atoms with E-state index in [1.807, 2.05) is 6.92 Å². The molecule has 0 unspecified atom stereocenters. The number of anilines is 1. The molecule has 182 valence electrons. The van der Waals surface area contributed by atoms with E-state index in [1.165, 1.54) is 54.1 Å². The molecular weight excluding hydrogens is 535 g/mol. The third-order valence-electron chi connectivity index (χ3n) is 6.92. The van der Waals surface area contributed by atoms with Crippen LogP contribution in [0.4, 0.5) is 11.4 Å². The van der Waals surface area contributed by atoms with E-state index in [0.29, 0.717) is 13.0 Å². The van der Waals surface area contributed by atoms with Gasteiger partial charge in [-0.25, -0.2) is 0 Å². The van der Waals surface area contributed by atoms with Crippen LogP contribution in [0.25, 0.3) is 6.08 Å². The minimum Gasteiger partial charge on any atom is -1.00 e. The van der Waals surface area contributed by atoms with E-state index >= 15 is 0 Å². The van der Waals surface area contributed by atoms with E-state index in [2.05, 4.69) is 84.0 Å². The van der Waals surface area contributed by atoms with Crippen molar-refractivity contribution in [3.8, 4) is 0 Å². The molecule has 0 aliphatic carbocycles. The number of carbonyl (C=O) groups is 1. The molecule has 2 aliphatic rings. The number of esters is 1. The quantitative estimate of drug-likeness (QED) is 0.201. The van der Waals surface area contributed by atoms with E-state index in [1.54, 1.807) is 0 Å². The van der Waals surface area contributed by atoms with Gasteiger partial charge in [-0.2, -0.15) is 4.58 Å². The lowest BCUT2D eigenvalue weighted by Gasteiger charge is -2.17. The van der Waals surface area contributed by atoms with Crippen molar-refractivity contribution >= 4 is 29.1 Å². The number of ether oxygens (including phenoxy) is 1. The Morgan fingerprint density at radius 3 is 2.44 bits per heavy atom. The lowest BCUT2D eigenvalue weighted by molar-refractivity contribution is -0.438. The summed E-state index contributed by atoms with van der Waals surface area (Å²) in [6, 6.07) is 17.6. The van der Waals surface area contributed by atoms with Gasteiger partial charge < -0.3 is 33.6 Å². The van der Waals surface area contributed by atoms with Gasteiger partial charge in [0, 0.05) is 49.3 Å². The fraction of sp³-hybridized carbons (Fsp3) is 0.448. The number of para-hydroxylation sites is 1. The molecule has 0 saturated carbocycles. The third-order valence-corrected chi connectivity index (χ3v) is 6.92. The number of halogens is 1. The van der Waals surface area contributed by atoms with Crippen LogP contribution in [0.15, 0.2) is 54.6 Å². The fourth-order valence-electron chi connectivity index (χ4n) is 5.10. The lowest BCUT2D eigenvalue weighted by atomic mass is 9.81. The van der Waals surface area contributed by atoms with Gasteiger partial charge in [-0.15, -0.1) is 0 Å². The Bertz CT molecular complexity index is 1030. The molecule has 1 fully saturated rings. The topological polar surface area (TPSA) is 32.6 Å². The SMILES string of the molecule is CCOC(=O)CCCC[N+]1=C(/C=C/c2ccc(N3CCCC3)cc2)C(C)(C)c2ccccc21.[I-]. The maximum Gasteiger partial charge on any atom is 0.305 e. The summed E-state index contributed by atoms with van der Waals surface area (Å²) in [5.41, 5.74) is 6.43. The van der Waals surface area contributed by atoms with Crippen molar-refractivity contribution in [2.24, 2.45) is 0 Å². The summed E-state index contributed by atoms with van der Waals surface area (Å²) in [5.74, 6) is -0.0962. The predicted octanol–water partition coefficient (Wildman–Crippen LogP) is 3.11. The number of hydrogen-bond acceptors (Lipinski definition) is 3. The third kappa shape index (κ3) is 5.91. The molecule has 0 N–H and O–H groups in total. The number of rotatable bonds is 9. The van der Waals surface area contributed by atoms with Gasteiger partial charge in [-0.1, -0.05) is 30.3 Å². The van der Waals surface area contributed by atoms with Crippen LogP contribution in [0.1, 0.15) is 64.0 Å². The van der Waals surface area contributed by atoms with Crippen LogP contribution in [0.2, 0.25) is 0 Å². The van der Waals surface area contributed by atoms with Crippen molar-refractivity contribution in [2.75, 3.05) is 31.1 Å². The summed E-state index contributed by atoms with van der Waals surface area (Å²) in [6.45, 7) is 10.2. The highest BCUT2D eigenvalue weighted by Crippen LogP contribution is 2.40. The maximum absolute atomic E-state index is 11.7. The Kier molecular flexibility index (Phi) is 9.34. The van der Waals surface area contributed by atoms with Gasteiger partial charge in [0.15, 0.2) is 5.71 Å².